The maximum atomic E-state index is 11.8. The van der Waals surface area contributed by atoms with E-state index < -0.39 is 24.2 Å². The summed E-state index contributed by atoms with van der Waals surface area (Å²) >= 11 is 0. The van der Waals surface area contributed by atoms with Gasteiger partial charge in [0.15, 0.2) is 0 Å². The van der Waals surface area contributed by atoms with Gasteiger partial charge in [-0.15, -0.1) is 0 Å². The van der Waals surface area contributed by atoms with E-state index in [1.54, 1.807) is 6.92 Å². The first-order valence-electron chi connectivity index (χ1n) is 6.30. The van der Waals surface area contributed by atoms with Crippen molar-refractivity contribution in [2.75, 3.05) is 26.3 Å². The van der Waals surface area contributed by atoms with Crippen LogP contribution in [0, 0.1) is 5.41 Å². The summed E-state index contributed by atoms with van der Waals surface area (Å²) in [5.74, 6) is -1.34. The number of alkyl halides is 3. The molecule has 1 aliphatic heterocycles. The predicted octanol–water partition coefficient (Wildman–Crippen LogP) is 1.67. The van der Waals surface area contributed by atoms with Gasteiger partial charge >= 0.3 is 12.1 Å². The number of halogens is 3. The van der Waals surface area contributed by atoms with E-state index in [9.17, 15) is 22.8 Å². The van der Waals surface area contributed by atoms with Crippen molar-refractivity contribution in [3.8, 4) is 0 Å². The summed E-state index contributed by atoms with van der Waals surface area (Å²) in [7, 11) is 0. The van der Waals surface area contributed by atoms with Crippen LogP contribution >= 0.6 is 0 Å². The molecular formula is C12H18F3NO4. The van der Waals surface area contributed by atoms with Crippen LogP contribution in [0.15, 0.2) is 0 Å². The Morgan fingerprint density at radius 1 is 1.40 bits per heavy atom. The number of aliphatic carboxylic acids is 1. The third kappa shape index (κ3) is 4.99. The average molecular weight is 297 g/mol. The van der Waals surface area contributed by atoms with E-state index in [1.807, 2.05) is 0 Å². The van der Waals surface area contributed by atoms with Gasteiger partial charge in [0, 0.05) is 13.1 Å². The van der Waals surface area contributed by atoms with Gasteiger partial charge in [-0.05, 0) is 19.8 Å². The van der Waals surface area contributed by atoms with E-state index in [2.05, 4.69) is 4.74 Å². The fraction of sp³-hybridized carbons (Fsp3) is 0.833. The smallest absolute Gasteiger partial charge is 0.411 e. The molecule has 0 radical (unpaired) electrons. The number of hydrogen-bond acceptors (Lipinski definition) is 3. The highest BCUT2D eigenvalue weighted by Gasteiger charge is 2.39. The van der Waals surface area contributed by atoms with Gasteiger partial charge in [-0.25, -0.2) is 0 Å². The van der Waals surface area contributed by atoms with Crippen molar-refractivity contribution in [2.24, 2.45) is 5.41 Å². The molecule has 0 bridgehead atoms. The summed E-state index contributed by atoms with van der Waals surface area (Å²) in [5.41, 5.74) is -0.985. The van der Waals surface area contributed by atoms with Crippen molar-refractivity contribution in [3.05, 3.63) is 0 Å². The van der Waals surface area contributed by atoms with E-state index in [0.29, 0.717) is 19.4 Å². The van der Waals surface area contributed by atoms with Gasteiger partial charge in [0.2, 0.25) is 5.91 Å². The summed E-state index contributed by atoms with van der Waals surface area (Å²) in [4.78, 5) is 24.3. The Labute approximate surface area is 114 Å². The highest BCUT2D eigenvalue weighted by Crippen LogP contribution is 2.29. The van der Waals surface area contributed by atoms with Crippen LogP contribution in [0.25, 0.3) is 0 Å². The number of carbonyl (C=O) groups excluding carboxylic acids is 1. The molecule has 1 atom stereocenters. The summed E-state index contributed by atoms with van der Waals surface area (Å²) in [5, 5.41) is 9.11. The number of amides is 1. The molecule has 1 rings (SSSR count). The standard InChI is InChI=1S/C12H18F3NO4/c1-11(10(18)19)4-2-5-16(7-11)9(17)3-6-20-8-12(13,14)15/h2-8H2,1H3,(H,18,19). The number of carbonyl (C=O) groups is 2. The number of hydrogen-bond donors (Lipinski definition) is 1. The van der Waals surface area contributed by atoms with Gasteiger partial charge in [0.25, 0.3) is 0 Å². The van der Waals surface area contributed by atoms with E-state index >= 15 is 0 Å². The molecule has 0 aromatic carbocycles. The average Bonchev–Trinajstić information content (AvgIpc) is 2.33. The van der Waals surface area contributed by atoms with E-state index in [0.717, 1.165) is 0 Å². The molecule has 0 aromatic heterocycles. The van der Waals surface area contributed by atoms with Gasteiger partial charge in [-0.2, -0.15) is 13.2 Å². The largest absolute Gasteiger partial charge is 0.481 e. The fourth-order valence-electron chi connectivity index (χ4n) is 2.13. The molecule has 0 aromatic rings. The van der Waals surface area contributed by atoms with Gasteiger partial charge in [0.1, 0.15) is 6.61 Å². The van der Waals surface area contributed by atoms with Gasteiger partial charge in [-0.3, -0.25) is 9.59 Å². The van der Waals surface area contributed by atoms with Crippen LogP contribution in [-0.2, 0) is 14.3 Å². The summed E-state index contributed by atoms with van der Waals surface area (Å²) in [6, 6.07) is 0. The molecule has 0 aliphatic carbocycles. The Balaban J connectivity index is 2.38. The molecule has 0 spiro atoms. The lowest BCUT2D eigenvalue weighted by atomic mass is 9.82. The number of carboxylic acid groups (broad SMARTS) is 1. The quantitative estimate of drug-likeness (QED) is 0.784. The topological polar surface area (TPSA) is 66.8 Å². The second kappa shape index (κ2) is 6.43. The zero-order valence-electron chi connectivity index (χ0n) is 11.2. The van der Waals surface area contributed by atoms with Crippen molar-refractivity contribution in [2.45, 2.75) is 32.4 Å². The second-order valence-corrected chi connectivity index (χ2v) is 5.20. The number of ether oxygens (including phenoxy) is 1. The second-order valence-electron chi connectivity index (χ2n) is 5.20. The first-order chi connectivity index (χ1) is 9.14. The Morgan fingerprint density at radius 2 is 2.05 bits per heavy atom. The van der Waals surface area contributed by atoms with Crippen molar-refractivity contribution in [1.29, 1.82) is 0 Å². The normalized spacial score (nSPS) is 23.7. The van der Waals surface area contributed by atoms with E-state index in [1.165, 1.54) is 4.90 Å². The first-order valence-corrected chi connectivity index (χ1v) is 6.30. The number of piperidine rings is 1. The number of likely N-dealkylation sites (tertiary alicyclic amines) is 1. The molecule has 1 N–H and O–H groups in total. The fourth-order valence-corrected chi connectivity index (χ4v) is 2.13. The maximum absolute atomic E-state index is 11.8. The van der Waals surface area contributed by atoms with Crippen molar-refractivity contribution in [1.82, 2.24) is 4.90 Å². The van der Waals surface area contributed by atoms with Crippen LogP contribution in [0.3, 0.4) is 0 Å². The molecule has 5 nitrogen and oxygen atoms in total. The van der Waals surface area contributed by atoms with E-state index in [4.69, 9.17) is 5.11 Å². The van der Waals surface area contributed by atoms with Crippen LogP contribution in [0.2, 0.25) is 0 Å². The lowest BCUT2D eigenvalue weighted by Crippen LogP contribution is -2.48. The van der Waals surface area contributed by atoms with E-state index in [-0.39, 0.29) is 25.5 Å². The van der Waals surface area contributed by atoms with Crippen LogP contribution in [0.1, 0.15) is 26.2 Å². The van der Waals surface area contributed by atoms with Crippen LogP contribution in [-0.4, -0.2) is 54.4 Å². The van der Waals surface area contributed by atoms with Crippen LogP contribution in [0.5, 0.6) is 0 Å². The lowest BCUT2D eigenvalue weighted by molar-refractivity contribution is -0.175. The zero-order valence-corrected chi connectivity index (χ0v) is 11.2. The molecular weight excluding hydrogens is 279 g/mol. The SMILES string of the molecule is CC1(C(=O)O)CCCN(C(=O)CCOCC(F)(F)F)C1. The summed E-state index contributed by atoms with van der Waals surface area (Å²) in [6.45, 7) is 0.377. The van der Waals surface area contributed by atoms with Gasteiger partial charge < -0.3 is 14.7 Å². The summed E-state index contributed by atoms with van der Waals surface area (Å²) < 4.78 is 39.9. The third-order valence-electron chi connectivity index (χ3n) is 3.29. The Bertz CT molecular complexity index is 372. The number of rotatable bonds is 5. The summed E-state index contributed by atoms with van der Waals surface area (Å²) in [6.07, 6.45) is -3.53. The minimum absolute atomic E-state index is 0.0838. The van der Waals surface area contributed by atoms with Crippen molar-refractivity contribution >= 4 is 11.9 Å². The van der Waals surface area contributed by atoms with Crippen molar-refractivity contribution in [3.63, 3.8) is 0 Å². The first kappa shape index (κ1) is 16.7. The molecule has 1 unspecified atom stereocenters. The van der Waals surface area contributed by atoms with Gasteiger partial charge in [0.05, 0.1) is 18.4 Å². The Hall–Kier alpha value is -1.31. The highest BCUT2D eigenvalue weighted by molar-refractivity contribution is 5.79. The molecule has 20 heavy (non-hydrogen) atoms. The Morgan fingerprint density at radius 3 is 2.60 bits per heavy atom. The molecule has 1 amide bonds. The van der Waals surface area contributed by atoms with Crippen molar-refractivity contribution < 1.29 is 32.6 Å². The lowest BCUT2D eigenvalue weighted by Gasteiger charge is -2.37. The predicted molar refractivity (Wildman–Crippen MR) is 63.0 cm³/mol. The third-order valence-corrected chi connectivity index (χ3v) is 3.29. The number of carboxylic acids is 1. The molecule has 1 heterocycles. The van der Waals surface area contributed by atoms with Crippen LogP contribution < -0.4 is 0 Å². The molecule has 1 fully saturated rings. The molecule has 8 heteroatoms. The minimum atomic E-state index is -4.41. The molecule has 116 valence electrons. The Kier molecular flexibility index (Phi) is 5.38. The monoisotopic (exact) mass is 297 g/mol. The zero-order chi connectivity index (χ0) is 15.4. The number of nitrogens with zero attached hydrogens (tertiary/aromatic N) is 1. The molecule has 1 saturated heterocycles. The van der Waals surface area contributed by atoms with Crippen LogP contribution in [0.4, 0.5) is 13.2 Å². The molecule has 0 saturated carbocycles. The maximum Gasteiger partial charge on any atom is 0.411 e. The molecule has 1 aliphatic rings. The minimum Gasteiger partial charge on any atom is -0.481 e. The van der Waals surface area contributed by atoms with Gasteiger partial charge in [-0.1, -0.05) is 0 Å². The highest BCUT2D eigenvalue weighted by atomic mass is 19.4.